The molecule has 0 aliphatic heterocycles. The van der Waals surface area contributed by atoms with Crippen LogP contribution in [0.2, 0.25) is 0 Å². The van der Waals surface area contributed by atoms with E-state index in [1.165, 1.54) is 4.90 Å². The molecule has 2 amide bonds. The fraction of sp³-hybridized carbons (Fsp3) is 0.286. The number of nitrogens with one attached hydrogen (secondary N) is 1. The van der Waals surface area contributed by atoms with Gasteiger partial charge in [0.2, 0.25) is 0 Å². The highest BCUT2D eigenvalue weighted by Crippen LogP contribution is 2.17. The van der Waals surface area contributed by atoms with Crippen LogP contribution < -0.4 is 5.32 Å². The van der Waals surface area contributed by atoms with Crippen LogP contribution in [-0.4, -0.2) is 35.3 Å². The zero-order valence-electron chi connectivity index (χ0n) is 15.8. The van der Waals surface area contributed by atoms with Crippen molar-refractivity contribution in [2.45, 2.75) is 33.4 Å². The van der Waals surface area contributed by atoms with Gasteiger partial charge in [0.05, 0.1) is 17.9 Å². The van der Waals surface area contributed by atoms with Crippen molar-refractivity contribution in [3.8, 4) is 0 Å². The summed E-state index contributed by atoms with van der Waals surface area (Å²) in [5.41, 5.74) is 1.39. The molecule has 0 spiro atoms. The van der Waals surface area contributed by atoms with Gasteiger partial charge in [-0.1, -0.05) is 42.5 Å². The fourth-order valence-electron chi connectivity index (χ4n) is 2.55. The molecule has 142 valence electrons. The van der Waals surface area contributed by atoms with Gasteiger partial charge in [-0.05, 0) is 38.5 Å². The van der Waals surface area contributed by atoms with E-state index in [-0.39, 0.29) is 23.9 Å². The molecule has 2 aromatic carbocycles. The van der Waals surface area contributed by atoms with E-state index in [1.54, 1.807) is 31.2 Å². The number of hydrogen-bond donors (Lipinski definition) is 1. The maximum Gasteiger partial charge on any atom is 0.340 e. The molecule has 6 nitrogen and oxygen atoms in total. The Balaban J connectivity index is 2.16. The zero-order valence-corrected chi connectivity index (χ0v) is 15.8. The molecule has 0 aliphatic rings. The van der Waals surface area contributed by atoms with Crippen LogP contribution in [0.5, 0.6) is 0 Å². The van der Waals surface area contributed by atoms with Gasteiger partial charge in [0.1, 0.15) is 0 Å². The summed E-state index contributed by atoms with van der Waals surface area (Å²) in [6.07, 6.45) is 0. The van der Waals surface area contributed by atoms with Crippen molar-refractivity contribution in [1.29, 1.82) is 0 Å². The Kier molecular flexibility index (Phi) is 7.11. The van der Waals surface area contributed by atoms with E-state index in [0.717, 1.165) is 5.56 Å². The fourth-order valence-corrected chi connectivity index (χ4v) is 2.55. The van der Waals surface area contributed by atoms with Gasteiger partial charge >= 0.3 is 17.8 Å². The summed E-state index contributed by atoms with van der Waals surface area (Å²) in [6, 6.07) is 15.7. The molecule has 0 saturated carbocycles. The molecule has 0 heterocycles. The number of rotatable bonds is 6. The van der Waals surface area contributed by atoms with E-state index < -0.39 is 17.8 Å². The molecule has 0 fully saturated rings. The smallest absolute Gasteiger partial charge is 0.340 e. The average Bonchev–Trinajstić information content (AvgIpc) is 2.66. The summed E-state index contributed by atoms with van der Waals surface area (Å²) in [4.78, 5) is 38.7. The molecule has 27 heavy (non-hydrogen) atoms. The van der Waals surface area contributed by atoms with Crippen LogP contribution in [0.25, 0.3) is 0 Å². The van der Waals surface area contributed by atoms with Crippen LogP contribution in [0, 0.1) is 0 Å². The molecule has 2 rings (SSSR count). The predicted molar refractivity (Wildman–Crippen MR) is 103 cm³/mol. The highest BCUT2D eigenvalue weighted by Gasteiger charge is 2.25. The summed E-state index contributed by atoms with van der Waals surface area (Å²) < 4.78 is 4.99. The van der Waals surface area contributed by atoms with E-state index in [4.69, 9.17) is 4.74 Å². The molecule has 0 aromatic heterocycles. The topological polar surface area (TPSA) is 75.7 Å². The van der Waals surface area contributed by atoms with E-state index in [0.29, 0.717) is 6.54 Å². The second kappa shape index (κ2) is 9.52. The van der Waals surface area contributed by atoms with Crippen molar-refractivity contribution in [1.82, 2.24) is 4.90 Å². The number of carbonyl (C=O) groups is 3. The van der Waals surface area contributed by atoms with Crippen LogP contribution in [-0.2, 0) is 20.9 Å². The van der Waals surface area contributed by atoms with Crippen molar-refractivity contribution in [3.63, 3.8) is 0 Å². The minimum absolute atomic E-state index is 0.163. The number of para-hydroxylation sites is 1. The van der Waals surface area contributed by atoms with Gasteiger partial charge in [-0.2, -0.15) is 0 Å². The van der Waals surface area contributed by atoms with Gasteiger partial charge in [-0.15, -0.1) is 0 Å². The molecule has 2 aromatic rings. The number of benzene rings is 2. The number of hydrogen-bond acceptors (Lipinski definition) is 4. The molecule has 0 aliphatic carbocycles. The van der Waals surface area contributed by atoms with Crippen LogP contribution in [0.15, 0.2) is 54.6 Å². The van der Waals surface area contributed by atoms with Crippen LogP contribution in [0.4, 0.5) is 5.69 Å². The number of anilines is 1. The molecule has 0 saturated heterocycles. The van der Waals surface area contributed by atoms with E-state index in [2.05, 4.69) is 5.32 Å². The van der Waals surface area contributed by atoms with Gasteiger partial charge < -0.3 is 15.0 Å². The minimum atomic E-state index is -0.795. The van der Waals surface area contributed by atoms with Gasteiger partial charge in [0.25, 0.3) is 0 Å². The van der Waals surface area contributed by atoms with Crippen molar-refractivity contribution in [2.24, 2.45) is 0 Å². The standard InChI is InChI=1S/C21H24N2O4/c1-4-27-21(26)17-12-8-9-13-18(17)22-19(24)20(25)23(15(2)3)14-16-10-6-5-7-11-16/h5-13,15H,4,14H2,1-3H3,(H,22,24). The van der Waals surface area contributed by atoms with E-state index >= 15 is 0 Å². The second-order valence-corrected chi connectivity index (χ2v) is 6.23. The lowest BCUT2D eigenvalue weighted by molar-refractivity contribution is -0.144. The maximum absolute atomic E-state index is 12.7. The minimum Gasteiger partial charge on any atom is -0.462 e. The van der Waals surface area contributed by atoms with Gasteiger partial charge in [0, 0.05) is 12.6 Å². The first-order chi connectivity index (χ1) is 12.9. The summed E-state index contributed by atoms with van der Waals surface area (Å²) >= 11 is 0. The van der Waals surface area contributed by atoms with Crippen molar-refractivity contribution in [2.75, 3.05) is 11.9 Å². The summed E-state index contributed by atoms with van der Waals surface area (Å²) in [5, 5.41) is 2.54. The number of nitrogens with zero attached hydrogens (tertiary/aromatic N) is 1. The van der Waals surface area contributed by atoms with E-state index in [9.17, 15) is 14.4 Å². The highest BCUT2D eigenvalue weighted by atomic mass is 16.5. The first-order valence-corrected chi connectivity index (χ1v) is 8.86. The van der Waals surface area contributed by atoms with Crippen molar-refractivity contribution < 1.29 is 19.1 Å². The maximum atomic E-state index is 12.7. The molecule has 0 radical (unpaired) electrons. The molecule has 1 N–H and O–H groups in total. The number of esters is 1. The average molecular weight is 368 g/mol. The Morgan fingerprint density at radius 1 is 1.00 bits per heavy atom. The summed E-state index contributed by atoms with van der Waals surface area (Å²) in [7, 11) is 0. The Morgan fingerprint density at radius 2 is 1.63 bits per heavy atom. The SMILES string of the molecule is CCOC(=O)c1ccccc1NC(=O)C(=O)N(Cc1ccccc1)C(C)C. The third-order valence-electron chi connectivity index (χ3n) is 3.94. The molecular weight excluding hydrogens is 344 g/mol. The quantitative estimate of drug-likeness (QED) is 0.627. The first kappa shape index (κ1) is 20.2. The highest BCUT2D eigenvalue weighted by molar-refractivity contribution is 6.39. The Labute approximate surface area is 159 Å². The summed E-state index contributed by atoms with van der Waals surface area (Å²) in [5.74, 6) is -2.00. The first-order valence-electron chi connectivity index (χ1n) is 8.86. The van der Waals surface area contributed by atoms with Crippen LogP contribution in [0.1, 0.15) is 36.7 Å². The normalized spacial score (nSPS) is 10.4. The summed E-state index contributed by atoms with van der Waals surface area (Å²) in [6.45, 7) is 5.94. The molecular formula is C21H24N2O4. The molecule has 0 bridgehead atoms. The Morgan fingerprint density at radius 3 is 2.26 bits per heavy atom. The van der Waals surface area contributed by atoms with Gasteiger partial charge in [0.15, 0.2) is 0 Å². The van der Waals surface area contributed by atoms with Crippen LogP contribution >= 0.6 is 0 Å². The number of ether oxygens (including phenoxy) is 1. The van der Waals surface area contributed by atoms with Crippen LogP contribution in [0.3, 0.4) is 0 Å². The lowest BCUT2D eigenvalue weighted by Crippen LogP contribution is -2.43. The van der Waals surface area contributed by atoms with Crippen molar-refractivity contribution in [3.05, 3.63) is 65.7 Å². The predicted octanol–water partition coefficient (Wildman–Crippen LogP) is 3.24. The number of carbonyl (C=O) groups excluding carboxylic acids is 3. The third-order valence-corrected chi connectivity index (χ3v) is 3.94. The zero-order chi connectivity index (χ0) is 19.8. The Bertz CT molecular complexity index is 803. The monoisotopic (exact) mass is 368 g/mol. The second-order valence-electron chi connectivity index (χ2n) is 6.23. The molecule has 0 unspecified atom stereocenters. The lowest BCUT2D eigenvalue weighted by atomic mass is 10.1. The largest absolute Gasteiger partial charge is 0.462 e. The molecule has 0 atom stereocenters. The van der Waals surface area contributed by atoms with Gasteiger partial charge in [-0.25, -0.2) is 4.79 Å². The Hall–Kier alpha value is -3.15. The lowest BCUT2D eigenvalue weighted by Gasteiger charge is -2.26. The molecule has 6 heteroatoms. The van der Waals surface area contributed by atoms with E-state index in [1.807, 2.05) is 44.2 Å². The van der Waals surface area contributed by atoms with Crippen molar-refractivity contribution >= 4 is 23.5 Å². The van der Waals surface area contributed by atoms with Gasteiger partial charge in [-0.3, -0.25) is 9.59 Å². The third kappa shape index (κ3) is 5.41. The number of amides is 2.